The summed E-state index contributed by atoms with van der Waals surface area (Å²) < 4.78 is 32.1. The topological polar surface area (TPSA) is 66.9 Å². The number of likely N-dealkylation sites (tertiary alicyclic amines) is 1. The van der Waals surface area contributed by atoms with Gasteiger partial charge in [-0.25, -0.2) is 8.42 Å². The van der Waals surface area contributed by atoms with Crippen molar-refractivity contribution in [3.05, 3.63) is 60.2 Å². The van der Waals surface area contributed by atoms with Gasteiger partial charge in [0.25, 0.3) is 5.91 Å². The van der Waals surface area contributed by atoms with Crippen molar-refractivity contribution in [2.45, 2.75) is 38.0 Å². The number of piperidine rings is 1. The van der Waals surface area contributed by atoms with Gasteiger partial charge in [0.15, 0.2) is 6.61 Å². The second-order valence-corrected chi connectivity index (χ2v) is 9.80. The van der Waals surface area contributed by atoms with Gasteiger partial charge >= 0.3 is 0 Å². The highest BCUT2D eigenvalue weighted by atomic mass is 32.2. The quantitative estimate of drug-likeness (QED) is 0.593. The van der Waals surface area contributed by atoms with E-state index in [0.29, 0.717) is 24.8 Å². The molecule has 1 aliphatic heterocycles. The number of carbonyl (C=O) groups is 1. The van der Waals surface area contributed by atoms with Crippen molar-refractivity contribution >= 4 is 15.9 Å². The molecule has 2 aromatic rings. The first-order valence-electron chi connectivity index (χ1n) is 11.0. The van der Waals surface area contributed by atoms with E-state index >= 15 is 0 Å². The van der Waals surface area contributed by atoms with E-state index in [1.807, 2.05) is 24.8 Å². The Kier molecular flexibility index (Phi) is 8.09. The van der Waals surface area contributed by atoms with Gasteiger partial charge in [-0.15, -0.1) is 0 Å². The molecule has 1 amide bonds. The highest BCUT2D eigenvalue weighted by molar-refractivity contribution is 7.89. The predicted octanol–water partition coefficient (Wildman–Crippen LogP) is 3.58. The van der Waals surface area contributed by atoms with E-state index in [9.17, 15) is 13.2 Å². The molecule has 0 saturated carbocycles. The monoisotopic (exact) mass is 444 g/mol. The summed E-state index contributed by atoms with van der Waals surface area (Å²) in [6.45, 7) is 5.94. The normalized spacial score (nSPS) is 15.3. The molecule has 0 unspecified atom stereocenters. The van der Waals surface area contributed by atoms with Crippen LogP contribution in [0.2, 0.25) is 0 Å². The maximum absolute atomic E-state index is 12.5. The summed E-state index contributed by atoms with van der Waals surface area (Å²) in [5.41, 5.74) is 1.35. The maximum atomic E-state index is 12.5. The number of ether oxygens (including phenoxy) is 1. The number of hydrogen-bond acceptors (Lipinski definition) is 4. The Morgan fingerprint density at radius 1 is 1.00 bits per heavy atom. The molecule has 0 aliphatic carbocycles. The number of nitrogens with zero attached hydrogens (tertiary/aromatic N) is 2. The lowest BCUT2D eigenvalue weighted by molar-refractivity contribution is -0.134. The lowest BCUT2D eigenvalue weighted by atomic mass is 9.90. The fourth-order valence-corrected chi connectivity index (χ4v) is 5.45. The highest BCUT2D eigenvalue weighted by Crippen LogP contribution is 2.23. The molecule has 0 radical (unpaired) electrons. The lowest BCUT2D eigenvalue weighted by Gasteiger charge is -2.32. The smallest absolute Gasteiger partial charge is 0.260 e. The van der Waals surface area contributed by atoms with Crippen LogP contribution in [0.4, 0.5) is 0 Å². The van der Waals surface area contributed by atoms with Crippen molar-refractivity contribution in [1.82, 2.24) is 9.21 Å². The van der Waals surface area contributed by atoms with E-state index in [-0.39, 0.29) is 17.4 Å². The number of hydrogen-bond donors (Lipinski definition) is 0. The van der Waals surface area contributed by atoms with Crippen LogP contribution in [0.15, 0.2) is 59.5 Å². The van der Waals surface area contributed by atoms with Crippen LogP contribution in [-0.2, 0) is 21.2 Å². The summed E-state index contributed by atoms with van der Waals surface area (Å²) in [5.74, 6) is 1.07. The first-order valence-corrected chi connectivity index (χ1v) is 12.4. The van der Waals surface area contributed by atoms with Crippen LogP contribution in [0.25, 0.3) is 0 Å². The van der Waals surface area contributed by atoms with E-state index in [1.54, 1.807) is 12.1 Å². The van der Waals surface area contributed by atoms with Gasteiger partial charge in [-0.1, -0.05) is 44.2 Å². The molecule has 0 bridgehead atoms. The third-order valence-corrected chi connectivity index (χ3v) is 7.93. The van der Waals surface area contributed by atoms with Gasteiger partial charge in [0.05, 0.1) is 4.90 Å². The Morgan fingerprint density at radius 3 is 2.19 bits per heavy atom. The molecule has 3 rings (SSSR count). The summed E-state index contributed by atoms with van der Waals surface area (Å²) in [6.07, 6.45) is 3.05. The molecule has 6 nitrogen and oxygen atoms in total. The molecule has 7 heteroatoms. The molecule has 1 heterocycles. The average Bonchev–Trinajstić information content (AvgIpc) is 2.79. The van der Waals surface area contributed by atoms with Crippen molar-refractivity contribution in [3.63, 3.8) is 0 Å². The van der Waals surface area contributed by atoms with Crippen LogP contribution < -0.4 is 4.74 Å². The van der Waals surface area contributed by atoms with Crippen molar-refractivity contribution in [1.29, 1.82) is 0 Å². The summed E-state index contributed by atoms with van der Waals surface area (Å²) in [4.78, 5) is 14.6. The van der Waals surface area contributed by atoms with Crippen molar-refractivity contribution in [2.24, 2.45) is 5.92 Å². The minimum absolute atomic E-state index is 0.0296. The molecule has 2 aromatic carbocycles. The van der Waals surface area contributed by atoms with Crippen LogP contribution in [0.1, 0.15) is 32.3 Å². The van der Waals surface area contributed by atoms with Gasteiger partial charge in [0.1, 0.15) is 5.75 Å². The zero-order valence-electron chi connectivity index (χ0n) is 18.4. The Balaban J connectivity index is 1.47. The van der Waals surface area contributed by atoms with Crippen LogP contribution >= 0.6 is 0 Å². The van der Waals surface area contributed by atoms with E-state index in [2.05, 4.69) is 24.3 Å². The number of carbonyl (C=O) groups excluding carboxylic acids is 1. The van der Waals surface area contributed by atoms with Crippen molar-refractivity contribution in [3.8, 4) is 5.75 Å². The number of sulfonamides is 1. The zero-order valence-corrected chi connectivity index (χ0v) is 19.2. The van der Waals surface area contributed by atoms with E-state index < -0.39 is 10.0 Å². The average molecular weight is 445 g/mol. The molecule has 168 valence electrons. The van der Waals surface area contributed by atoms with Crippen molar-refractivity contribution in [2.75, 3.05) is 32.8 Å². The van der Waals surface area contributed by atoms with Crippen LogP contribution in [-0.4, -0.2) is 56.3 Å². The third kappa shape index (κ3) is 6.08. The molecule has 31 heavy (non-hydrogen) atoms. The Hall–Kier alpha value is -2.38. The summed E-state index contributed by atoms with van der Waals surface area (Å²) in [6, 6.07) is 16.8. The van der Waals surface area contributed by atoms with Gasteiger partial charge in [-0.3, -0.25) is 4.79 Å². The summed E-state index contributed by atoms with van der Waals surface area (Å²) in [5, 5.41) is 0. The van der Waals surface area contributed by atoms with Gasteiger partial charge in [0.2, 0.25) is 10.0 Å². The second-order valence-electron chi connectivity index (χ2n) is 7.86. The van der Waals surface area contributed by atoms with Crippen molar-refractivity contribution < 1.29 is 17.9 Å². The number of amides is 1. The molecular formula is C24H32N2O4S. The van der Waals surface area contributed by atoms with Crippen LogP contribution in [0, 0.1) is 5.92 Å². The minimum atomic E-state index is -3.49. The predicted molar refractivity (Wildman–Crippen MR) is 121 cm³/mol. The lowest BCUT2D eigenvalue weighted by Crippen LogP contribution is -2.41. The van der Waals surface area contributed by atoms with Gasteiger partial charge in [0, 0.05) is 26.2 Å². The maximum Gasteiger partial charge on any atom is 0.260 e. The van der Waals surface area contributed by atoms with Crippen LogP contribution in [0.5, 0.6) is 5.75 Å². The zero-order chi connectivity index (χ0) is 22.3. The first-order chi connectivity index (χ1) is 14.9. The van der Waals surface area contributed by atoms with E-state index in [4.69, 9.17) is 4.74 Å². The molecule has 1 saturated heterocycles. The largest absolute Gasteiger partial charge is 0.484 e. The molecular weight excluding hydrogens is 412 g/mol. The number of benzene rings is 2. The van der Waals surface area contributed by atoms with E-state index in [1.165, 1.54) is 22.0 Å². The van der Waals surface area contributed by atoms with Gasteiger partial charge in [-0.05, 0) is 55.0 Å². The second kappa shape index (κ2) is 10.8. The third-order valence-electron chi connectivity index (χ3n) is 5.86. The van der Waals surface area contributed by atoms with Gasteiger partial charge < -0.3 is 9.64 Å². The fraction of sp³-hybridized carbons (Fsp3) is 0.458. The summed E-state index contributed by atoms with van der Waals surface area (Å²) >= 11 is 0. The summed E-state index contributed by atoms with van der Waals surface area (Å²) in [7, 11) is -3.49. The molecule has 0 spiro atoms. The Morgan fingerprint density at radius 2 is 1.61 bits per heavy atom. The Bertz CT molecular complexity index is 933. The van der Waals surface area contributed by atoms with Gasteiger partial charge in [-0.2, -0.15) is 4.31 Å². The SMILES string of the molecule is CCN(CC)S(=O)(=O)c1ccc(OCC(=O)N2CCC(Cc3ccccc3)CC2)cc1. The van der Waals surface area contributed by atoms with Crippen LogP contribution in [0.3, 0.4) is 0 Å². The molecule has 0 atom stereocenters. The number of rotatable bonds is 9. The highest BCUT2D eigenvalue weighted by Gasteiger charge is 2.24. The van der Waals surface area contributed by atoms with E-state index in [0.717, 1.165) is 32.4 Å². The fourth-order valence-electron chi connectivity index (χ4n) is 3.99. The minimum Gasteiger partial charge on any atom is -0.484 e. The molecule has 0 N–H and O–H groups in total. The molecule has 0 aromatic heterocycles. The standard InChI is InChI=1S/C24H32N2O4S/c1-3-26(4-2)31(28,29)23-12-10-22(11-13-23)30-19-24(27)25-16-14-21(15-17-25)18-20-8-6-5-7-9-20/h5-13,21H,3-4,14-19H2,1-2H3. The molecule has 1 aliphatic rings. The Labute approximate surface area is 185 Å². The molecule has 1 fully saturated rings. The first kappa shape index (κ1) is 23.3.